The van der Waals surface area contributed by atoms with Crippen molar-refractivity contribution in [1.82, 2.24) is 14.9 Å². The fourth-order valence-electron chi connectivity index (χ4n) is 2.49. The quantitative estimate of drug-likeness (QED) is 0.806. The van der Waals surface area contributed by atoms with Crippen molar-refractivity contribution < 1.29 is 9.90 Å². The Morgan fingerprint density at radius 1 is 1.48 bits per heavy atom. The largest absolute Gasteiger partial charge is 0.396 e. The first-order valence-corrected chi connectivity index (χ1v) is 8.64. The molecule has 0 radical (unpaired) electrons. The maximum absolute atomic E-state index is 12.5. The number of aliphatic hydroxyl groups excluding tert-OH is 1. The molecule has 126 valence electrons. The number of carbonyl (C=O) groups is 1. The third kappa shape index (κ3) is 3.97. The number of fused-ring (bicyclic) bond motifs is 1. The van der Waals surface area contributed by atoms with Crippen LogP contribution in [-0.2, 0) is 11.3 Å². The molecule has 23 heavy (non-hydrogen) atoms. The van der Waals surface area contributed by atoms with Crippen LogP contribution in [-0.4, -0.2) is 33.2 Å². The van der Waals surface area contributed by atoms with Gasteiger partial charge in [0.2, 0.25) is 5.91 Å². The molecule has 2 aromatic rings. The van der Waals surface area contributed by atoms with Crippen LogP contribution in [0.5, 0.6) is 0 Å². The van der Waals surface area contributed by atoms with Gasteiger partial charge in [0.25, 0.3) is 5.56 Å². The topological polar surface area (TPSA) is 84.2 Å². The van der Waals surface area contributed by atoms with Gasteiger partial charge in [-0.3, -0.25) is 14.2 Å². The summed E-state index contributed by atoms with van der Waals surface area (Å²) < 4.78 is 1.49. The minimum absolute atomic E-state index is 0.0217. The van der Waals surface area contributed by atoms with Gasteiger partial charge in [-0.05, 0) is 32.3 Å². The Morgan fingerprint density at radius 2 is 2.22 bits per heavy atom. The number of carbonyl (C=O) groups excluding carboxylic acids is 1. The lowest BCUT2D eigenvalue weighted by atomic mass is 10.1. The summed E-state index contributed by atoms with van der Waals surface area (Å²) in [6.07, 6.45) is 3.05. The van der Waals surface area contributed by atoms with Gasteiger partial charge in [-0.25, -0.2) is 4.98 Å². The first-order valence-electron chi connectivity index (χ1n) is 7.83. The van der Waals surface area contributed by atoms with Crippen LogP contribution in [0, 0.1) is 13.8 Å². The van der Waals surface area contributed by atoms with Gasteiger partial charge in [0.15, 0.2) is 0 Å². The number of nitrogens with one attached hydrogen (secondary N) is 1. The summed E-state index contributed by atoms with van der Waals surface area (Å²) in [6.45, 7) is 6.22. The fraction of sp³-hybridized carbons (Fsp3) is 0.562. The summed E-state index contributed by atoms with van der Waals surface area (Å²) in [4.78, 5) is 30.7. The van der Waals surface area contributed by atoms with Crippen molar-refractivity contribution in [3.05, 3.63) is 27.1 Å². The summed E-state index contributed by atoms with van der Waals surface area (Å²) in [7, 11) is 0. The van der Waals surface area contributed by atoms with E-state index >= 15 is 0 Å². The summed E-state index contributed by atoms with van der Waals surface area (Å²) in [5.41, 5.74) is 0.877. The SMILES string of the molecule is CCC(CCO)NC(=O)CCn1cnc2sc(C)c(C)c2c1=O. The Bertz CT molecular complexity index is 751. The molecule has 2 aromatic heterocycles. The Kier molecular flexibility index (Phi) is 5.90. The highest BCUT2D eigenvalue weighted by molar-refractivity contribution is 7.18. The molecule has 1 atom stereocenters. The molecule has 1 unspecified atom stereocenters. The lowest BCUT2D eigenvalue weighted by molar-refractivity contribution is -0.122. The predicted octanol–water partition coefficient (Wildman–Crippen LogP) is 1.74. The third-order valence-electron chi connectivity index (χ3n) is 4.07. The fourth-order valence-corrected chi connectivity index (χ4v) is 3.47. The summed E-state index contributed by atoms with van der Waals surface area (Å²) >= 11 is 1.52. The number of rotatable bonds is 7. The minimum atomic E-state index is -0.115. The molecule has 0 aromatic carbocycles. The lowest BCUT2D eigenvalue weighted by Gasteiger charge is -2.15. The van der Waals surface area contributed by atoms with Crippen LogP contribution in [0.2, 0.25) is 0 Å². The van der Waals surface area contributed by atoms with Crippen molar-refractivity contribution in [2.75, 3.05) is 6.61 Å². The van der Waals surface area contributed by atoms with Gasteiger partial charge in [-0.1, -0.05) is 6.92 Å². The van der Waals surface area contributed by atoms with Gasteiger partial charge < -0.3 is 10.4 Å². The van der Waals surface area contributed by atoms with Gasteiger partial charge in [-0.2, -0.15) is 0 Å². The average molecular weight is 337 g/mol. The van der Waals surface area contributed by atoms with Crippen molar-refractivity contribution in [3.8, 4) is 0 Å². The predicted molar refractivity (Wildman–Crippen MR) is 91.9 cm³/mol. The normalized spacial score (nSPS) is 12.5. The number of thiophene rings is 1. The third-order valence-corrected chi connectivity index (χ3v) is 5.19. The number of aryl methyl sites for hydroxylation is 3. The van der Waals surface area contributed by atoms with E-state index in [1.807, 2.05) is 20.8 Å². The Balaban J connectivity index is 2.08. The average Bonchev–Trinajstić information content (AvgIpc) is 2.81. The zero-order valence-corrected chi connectivity index (χ0v) is 14.6. The van der Waals surface area contributed by atoms with E-state index in [2.05, 4.69) is 10.3 Å². The van der Waals surface area contributed by atoms with Crippen LogP contribution in [0.3, 0.4) is 0 Å². The van der Waals surface area contributed by atoms with Gasteiger partial charge >= 0.3 is 0 Å². The van der Waals surface area contributed by atoms with E-state index in [1.54, 1.807) is 0 Å². The van der Waals surface area contributed by atoms with Gasteiger partial charge in [0.05, 0.1) is 11.7 Å². The monoisotopic (exact) mass is 337 g/mol. The molecule has 7 heteroatoms. The molecule has 0 saturated heterocycles. The maximum atomic E-state index is 12.5. The highest BCUT2D eigenvalue weighted by Crippen LogP contribution is 2.25. The molecule has 0 aliphatic rings. The van der Waals surface area contributed by atoms with Crippen molar-refractivity contribution >= 4 is 27.5 Å². The first kappa shape index (κ1) is 17.6. The molecule has 2 heterocycles. The number of hydrogen-bond donors (Lipinski definition) is 2. The van der Waals surface area contributed by atoms with Gasteiger partial charge in [0, 0.05) is 30.5 Å². The summed E-state index contributed by atoms with van der Waals surface area (Å²) in [5, 5.41) is 12.5. The Morgan fingerprint density at radius 3 is 2.87 bits per heavy atom. The number of hydrogen-bond acceptors (Lipinski definition) is 5. The van der Waals surface area contributed by atoms with Gasteiger partial charge in [0.1, 0.15) is 4.83 Å². The van der Waals surface area contributed by atoms with Crippen LogP contribution in [0.4, 0.5) is 0 Å². The van der Waals surface area contributed by atoms with E-state index in [1.165, 1.54) is 22.2 Å². The van der Waals surface area contributed by atoms with E-state index in [-0.39, 0.29) is 30.5 Å². The first-order chi connectivity index (χ1) is 11.0. The number of aromatic nitrogens is 2. The van der Waals surface area contributed by atoms with E-state index in [0.29, 0.717) is 18.4 Å². The van der Waals surface area contributed by atoms with Crippen LogP contribution in [0.15, 0.2) is 11.1 Å². The van der Waals surface area contributed by atoms with Crippen molar-refractivity contribution in [3.63, 3.8) is 0 Å². The van der Waals surface area contributed by atoms with Crippen LogP contribution < -0.4 is 10.9 Å². The Hall–Kier alpha value is -1.73. The van der Waals surface area contributed by atoms with E-state index in [0.717, 1.165) is 21.7 Å². The molecule has 0 saturated carbocycles. The van der Waals surface area contributed by atoms with E-state index in [9.17, 15) is 9.59 Å². The Labute approximate surface area is 139 Å². The maximum Gasteiger partial charge on any atom is 0.262 e. The molecule has 0 spiro atoms. The number of amides is 1. The summed E-state index contributed by atoms with van der Waals surface area (Å²) in [6, 6.07) is -0.0217. The van der Waals surface area contributed by atoms with Crippen LogP contribution in [0.25, 0.3) is 10.2 Å². The summed E-state index contributed by atoms with van der Waals surface area (Å²) in [5.74, 6) is -0.115. The molecular weight excluding hydrogens is 314 g/mol. The molecule has 0 aliphatic heterocycles. The molecule has 2 N–H and O–H groups in total. The van der Waals surface area contributed by atoms with E-state index < -0.39 is 0 Å². The second kappa shape index (κ2) is 7.70. The zero-order chi connectivity index (χ0) is 17.0. The standard InChI is InChI=1S/C16H23N3O3S/c1-4-12(6-8-20)18-13(21)5-7-19-9-17-15-14(16(19)22)10(2)11(3)23-15/h9,12,20H,4-8H2,1-3H3,(H,18,21). The number of nitrogens with zero attached hydrogens (tertiary/aromatic N) is 2. The molecule has 0 aliphatic carbocycles. The highest BCUT2D eigenvalue weighted by atomic mass is 32.1. The zero-order valence-electron chi connectivity index (χ0n) is 13.8. The molecule has 2 rings (SSSR count). The lowest BCUT2D eigenvalue weighted by Crippen LogP contribution is -2.36. The smallest absolute Gasteiger partial charge is 0.262 e. The molecular formula is C16H23N3O3S. The second-order valence-electron chi connectivity index (χ2n) is 5.64. The van der Waals surface area contributed by atoms with Crippen LogP contribution in [0.1, 0.15) is 36.6 Å². The minimum Gasteiger partial charge on any atom is -0.396 e. The van der Waals surface area contributed by atoms with Crippen LogP contribution >= 0.6 is 11.3 Å². The second-order valence-corrected chi connectivity index (χ2v) is 6.84. The molecule has 0 bridgehead atoms. The van der Waals surface area contributed by atoms with E-state index in [4.69, 9.17) is 5.11 Å². The van der Waals surface area contributed by atoms with Crippen molar-refractivity contribution in [2.24, 2.45) is 0 Å². The molecule has 1 amide bonds. The van der Waals surface area contributed by atoms with Crippen molar-refractivity contribution in [2.45, 2.75) is 52.6 Å². The molecule has 6 nitrogen and oxygen atoms in total. The highest BCUT2D eigenvalue weighted by Gasteiger charge is 2.14. The van der Waals surface area contributed by atoms with Gasteiger partial charge in [-0.15, -0.1) is 11.3 Å². The number of aliphatic hydroxyl groups is 1. The van der Waals surface area contributed by atoms with Crippen molar-refractivity contribution in [1.29, 1.82) is 0 Å². The molecule has 0 fully saturated rings.